The van der Waals surface area contributed by atoms with Crippen LogP contribution in [-0.4, -0.2) is 55.1 Å². The number of para-hydroxylation sites is 4. The first-order valence-electron chi connectivity index (χ1n) is 13.5. The lowest BCUT2D eigenvalue weighted by Crippen LogP contribution is -2.20. The van der Waals surface area contributed by atoms with Gasteiger partial charge in [-0.25, -0.2) is 19.6 Å². The number of nitrogens with one attached hydrogen (secondary N) is 4. The number of rotatable bonds is 12. The van der Waals surface area contributed by atoms with Gasteiger partial charge in [0, 0.05) is 23.1 Å². The standard InChI is InChI=1S/C15H18N4O4S.C13H16N4O2S/c1-9(2)8-23-11-6-4-3-5-10(11)16-14(22)18-15-17-12(19-24-15)7-13(20)21;1-9(2)7-19-11-6-4-3-5-10(11)16-12(18)17-13-14-8-15-20-13/h3-6,9H,7-8H2,1-2H3,(H,20,21)(H2,16,17,18,19,22);3-6,8-9H,7H2,1-2H3,(H2,14,15,16,17,18). The second-order valence-corrected chi connectivity index (χ2v) is 11.4. The Balaban J connectivity index is 0.000000244. The van der Waals surface area contributed by atoms with Crippen LogP contribution in [0, 0.1) is 11.8 Å². The molecule has 0 fully saturated rings. The molecule has 0 aliphatic carbocycles. The number of aliphatic carboxylic acids is 1. The maximum Gasteiger partial charge on any atom is 0.325 e. The van der Waals surface area contributed by atoms with E-state index in [1.807, 2.05) is 38.1 Å². The molecule has 2 aromatic carbocycles. The molecule has 0 bridgehead atoms. The Kier molecular flexibility index (Phi) is 13.3. The second kappa shape index (κ2) is 17.3. The molecule has 0 atom stereocenters. The molecule has 2 aromatic heterocycles. The molecule has 2 heterocycles. The lowest BCUT2D eigenvalue weighted by atomic mass is 10.2. The van der Waals surface area contributed by atoms with Crippen molar-refractivity contribution >= 4 is 62.7 Å². The molecule has 0 aliphatic rings. The molecule has 14 nitrogen and oxygen atoms in total. The van der Waals surface area contributed by atoms with Gasteiger partial charge in [0.05, 0.1) is 24.6 Å². The number of amides is 4. The van der Waals surface area contributed by atoms with Crippen LogP contribution >= 0.6 is 23.1 Å². The van der Waals surface area contributed by atoms with Crippen LogP contribution in [0.4, 0.5) is 31.2 Å². The minimum Gasteiger partial charge on any atom is -0.491 e. The Labute approximate surface area is 262 Å². The van der Waals surface area contributed by atoms with Crippen molar-refractivity contribution in [3.05, 3.63) is 60.7 Å². The summed E-state index contributed by atoms with van der Waals surface area (Å²) in [6.07, 6.45) is 1.10. The summed E-state index contributed by atoms with van der Waals surface area (Å²) in [6.45, 7) is 9.34. The quantitative estimate of drug-likeness (QED) is 0.121. The van der Waals surface area contributed by atoms with Crippen molar-refractivity contribution in [2.24, 2.45) is 11.8 Å². The second-order valence-electron chi connectivity index (χ2n) is 9.89. The first kappa shape index (κ1) is 33.7. The Morgan fingerprint density at radius 3 is 1.77 bits per heavy atom. The van der Waals surface area contributed by atoms with Gasteiger partial charge in [-0.15, -0.1) is 0 Å². The molecular weight excluding hydrogens is 608 g/mol. The van der Waals surface area contributed by atoms with Gasteiger partial charge in [-0.05, 0) is 36.1 Å². The molecule has 5 N–H and O–H groups in total. The van der Waals surface area contributed by atoms with E-state index in [4.69, 9.17) is 14.6 Å². The first-order valence-corrected chi connectivity index (χ1v) is 15.0. The molecule has 4 rings (SSSR count). The van der Waals surface area contributed by atoms with E-state index in [0.717, 1.165) is 23.1 Å². The number of hydrogen-bond donors (Lipinski definition) is 5. The highest BCUT2D eigenvalue weighted by atomic mass is 32.1. The van der Waals surface area contributed by atoms with Gasteiger partial charge in [0.2, 0.25) is 10.3 Å². The zero-order chi connectivity index (χ0) is 31.9. The predicted molar refractivity (Wildman–Crippen MR) is 170 cm³/mol. The van der Waals surface area contributed by atoms with Crippen molar-refractivity contribution in [3.63, 3.8) is 0 Å². The fourth-order valence-corrected chi connectivity index (χ4v) is 4.15. The van der Waals surface area contributed by atoms with Gasteiger partial charge in [-0.2, -0.15) is 8.75 Å². The first-order chi connectivity index (χ1) is 21.1. The largest absolute Gasteiger partial charge is 0.491 e. The fourth-order valence-electron chi connectivity index (χ4n) is 3.15. The predicted octanol–water partition coefficient (Wildman–Crippen LogP) is 6.06. The summed E-state index contributed by atoms with van der Waals surface area (Å²) in [4.78, 5) is 42.3. The summed E-state index contributed by atoms with van der Waals surface area (Å²) in [5.74, 6) is 1.13. The highest BCUT2D eigenvalue weighted by molar-refractivity contribution is 7.10. The van der Waals surface area contributed by atoms with Crippen LogP contribution in [-0.2, 0) is 11.2 Å². The van der Waals surface area contributed by atoms with Crippen LogP contribution in [0.25, 0.3) is 0 Å². The van der Waals surface area contributed by atoms with Crippen molar-refractivity contribution in [1.82, 2.24) is 18.7 Å². The molecule has 0 radical (unpaired) electrons. The number of carbonyl (C=O) groups excluding carboxylic acids is 2. The third kappa shape index (κ3) is 12.2. The van der Waals surface area contributed by atoms with Crippen LogP contribution in [0.15, 0.2) is 54.9 Å². The van der Waals surface area contributed by atoms with Crippen LogP contribution in [0.2, 0.25) is 0 Å². The molecule has 0 saturated heterocycles. The lowest BCUT2D eigenvalue weighted by Gasteiger charge is -2.13. The van der Waals surface area contributed by atoms with E-state index in [1.54, 1.807) is 24.3 Å². The Bertz CT molecular complexity index is 1500. The van der Waals surface area contributed by atoms with Gasteiger partial charge in [0.15, 0.2) is 5.82 Å². The van der Waals surface area contributed by atoms with Gasteiger partial charge < -0.3 is 25.2 Å². The van der Waals surface area contributed by atoms with Gasteiger partial charge in [0.1, 0.15) is 24.2 Å². The van der Waals surface area contributed by atoms with Crippen LogP contribution in [0.1, 0.15) is 33.5 Å². The summed E-state index contributed by atoms with van der Waals surface area (Å²) in [5, 5.41) is 19.9. The lowest BCUT2D eigenvalue weighted by molar-refractivity contribution is -0.136. The molecule has 0 unspecified atom stereocenters. The zero-order valence-corrected chi connectivity index (χ0v) is 26.2. The number of ether oxygens (including phenoxy) is 2. The minimum absolute atomic E-state index is 0.156. The van der Waals surface area contributed by atoms with Crippen LogP contribution in [0.5, 0.6) is 11.5 Å². The van der Waals surface area contributed by atoms with Crippen molar-refractivity contribution in [3.8, 4) is 11.5 Å². The van der Waals surface area contributed by atoms with Gasteiger partial charge >= 0.3 is 18.0 Å². The Morgan fingerprint density at radius 1 is 0.773 bits per heavy atom. The topological polar surface area (TPSA) is 190 Å². The van der Waals surface area contributed by atoms with E-state index in [0.29, 0.717) is 53.1 Å². The van der Waals surface area contributed by atoms with E-state index in [9.17, 15) is 14.4 Å². The Hall–Kier alpha value is -4.83. The number of hydrogen-bond acceptors (Lipinski definition) is 11. The van der Waals surface area contributed by atoms with Crippen LogP contribution in [0.3, 0.4) is 0 Å². The normalized spacial score (nSPS) is 10.4. The number of carboxylic acids is 1. The number of aromatic nitrogens is 4. The molecule has 44 heavy (non-hydrogen) atoms. The van der Waals surface area contributed by atoms with Crippen molar-refractivity contribution < 1.29 is 29.0 Å². The van der Waals surface area contributed by atoms with E-state index in [1.165, 1.54) is 6.33 Å². The number of carbonyl (C=O) groups is 3. The number of nitrogens with zero attached hydrogens (tertiary/aromatic N) is 4. The van der Waals surface area contributed by atoms with Crippen molar-refractivity contribution in [1.29, 1.82) is 0 Å². The van der Waals surface area contributed by atoms with E-state index in [-0.39, 0.29) is 23.4 Å². The number of carboxylic acid groups (broad SMARTS) is 1. The number of anilines is 4. The van der Waals surface area contributed by atoms with Crippen molar-refractivity contribution in [2.45, 2.75) is 34.1 Å². The smallest absolute Gasteiger partial charge is 0.325 e. The summed E-state index contributed by atoms with van der Waals surface area (Å²) in [6, 6.07) is 13.5. The summed E-state index contributed by atoms with van der Waals surface area (Å²) in [5.41, 5.74) is 1.15. The van der Waals surface area contributed by atoms with Crippen LogP contribution < -0.4 is 30.7 Å². The summed E-state index contributed by atoms with van der Waals surface area (Å²) >= 11 is 2.04. The molecule has 0 aliphatic heterocycles. The van der Waals surface area contributed by atoms with Gasteiger partial charge in [-0.1, -0.05) is 52.0 Å². The monoisotopic (exact) mass is 642 g/mol. The summed E-state index contributed by atoms with van der Waals surface area (Å²) < 4.78 is 19.0. The number of urea groups is 2. The molecule has 234 valence electrons. The molecular formula is C28H34N8O6S2. The van der Waals surface area contributed by atoms with E-state index in [2.05, 4.69) is 53.8 Å². The highest BCUT2D eigenvalue weighted by Crippen LogP contribution is 2.26. The minimum atomic E-state index is -1.03. The molecule has 4 aromatic rings. The maximum atomic E-state index is 12.0. The maximum absolute atomic E-state index is 12.0. The van der Waals surface area contributed by atoms with Gasteiger partial charge in [-0.3, -0.25) is 15.4 Å². The van der Waals surface area contributed by atoms with Gasteiger partial charge in [0.25, 0.3) is 0 Å². The van der Waals surface area contributed by atoms with E-state index >= 15 is 0 Å². The third-order valence-electron chi connectivity index (χ3n) is 4.99. The van der Waals surface area contributed by atoms with Crippen molar-refractivity contribution in [2.75, 3.05) is 34.5 Å². The average molecular weight is 643 g/mol. The SMILES string of the molecule is CC(C)COc1ccccc1NC(=O)Nc1nc(CC(=O)O)ns1.CC(C)COc1ccccc1NC(=O)Nc1ncns1. The average Bonchev–Trinajstić information content (AvgIpc) is 3.64. The zero-order valence-electron chi connectivity index (χ0n) is 24.6. The third-order valence-corrected chi connectivity index (χ3v) is 6.24. The Morgan fingerprint density at radius 2 is 1.30 bits per heavy atom. The molecule has 0 spiro atoms. The van der Waals surface area contributed by atoms with E-state index < -0.39 is 12.0 Å². The number of benzene rings is 2. The fraction of sp³-hybridized carbons (Fsp3) is 0.321. The molecule has 0 saturated carbocycles. The molecule has 16 heteroatoms. The molecule has 4 amide bonds. The highest BCUT2D eigenvalue weighted by Gasteiger charge is 2.13. The summed E-state index contributed by atoms with van der Waals surface area (Å²) in [7, 11) is 0.